The molecule has 0 N–H and O–H groups in total. The predicted molar refractivity (Wildman–Crippen MR) is 65.9 cm³/mol. The molecule has 1 heterocycles. The number of halogens is 2. The molecule has 1 aromatic rings. The lowest BCUT2D eigenvalue weighted by Gasteiger charge is -2.17. The van der Waals surface area contributed by atoms with E-state index in [4.69, 9.17) is 11.6 Å². The first-order valence-corrected chi connectivity index (χ1v) is 5.94. The SMILES string of the molecule is Cc1cc(Br)c(N2CC(=O)CC2=O)cc1Cl. The minimum absolute atomic E-state index is 0.0159. The van der Waals surface area contributed by atoms with Crippen molar-refractivity contribution in [2.75, 3.05) is 11.4 Å². The molecule has 1 aliphatic rings. The van der Waals surface area contributed by atoms with Crippen LogP contribution in [-0.2, 0) is 9.59 Å². The van der Waals surface area contributed by atoms with Gasteiger partial charge in [-0.05, 0) is 40.5 Å². The molecular weight excluding hydrogens is 293 g/mol. The number of hydrogen-bond acceptors (Lipinski definition) is 2. The Bertz CT molecular complexity index is 487. The number of carbonyl (C=O) groups excluding carboxylic acids is 2. The Labute approximate surface area is 107 Å². The third kappa shape index (κ3) is 1.99. The smallest absolute Gasteiger partial charge is 0.234 e. The van der Waals surface area contributed by atoms with E-state index in [0.717, 1.165) is 10.0 Å². The molecule has 0 saturated carbocycles. The Kier molecular flexibility index (Phi) is 3.04. The number of hydrogen-bond donors (Lipinski definition) is 0. The van der Waals surface area contributed by atoms with Gasteiger partial charge in [0.2, 0.25) is 5.91 Å². The third-order valence-electron chi connectivity index (χ3n) is 2.50. The van der Waals surface area contributed by atoms with Gasteiger partial charge in [-0.1, -0.05) is 11.6 Å². The van der Waals surface area contributed by atoms with E-state index >= 15 is 0 Å². The van der Waals surface area contributed by atoms with Gasteiger partial charge in [-0.15, -0.1) is 0 Å². The van der Waals surface area contributed by atoms with Gasteiger partial charge in [0.1, 0.15) is 0 Å². The first-order valence-electron chi connectivity index (χ1n) is 4.77. The van der Waals surface area contributed by atoms with Crippen LogP contribution in [0.25, 0.3) is 0 Å². The van der Waals surface area contributed by atoms with Crippen LogP contribution >= 0.6 is 27.5 Å². The minimum atomic E-state index is -0.175. The molecule has 3 nitrogen and oxygen atoms in total. The molecule has 16 heavy (non-hydrogen) atoms. The highest BCUT2D eigenvalue weighted by molar-refractivity contribution is 9.10. The Balaban J connectivity index is 2.45. The zero-order valence-electron chi connectivity index (χ0n) is 8.59. The van der Waals surface area contributed by atoms with Crippen LogP contribution in [0.4, 0.5) is 5.69 Å². The topological polar surface area (TPSA) is 37.4 Å². The molecule has 1 aromatic carbocycles. The number of amides is 1. The highest BCUT2D eigenvalue weighted by Crippen LogP contribution is 2.33. The Morgan fingerprint density at radius 3 is 2.62 bits per heavy atom. The van der Waals surface area contributed by atoms with Crippen molar-refractivity contribution >= 4 is 44.9 Å². The van der Waals surface area contributed by atoms with Crippen molar-refractivity contribution in [3.8, 4) is 0 Å². The summed E-state index contributed by atoms with van der Waals surface area (Å²) in [5, 5.41) is 0.588. The van der Waals surface area contributed by atoms with Crippen LogP contribution in [0.1, 0.15) is 12.0 Å². The number of rotatable bonds is 1. The van der Waals surface area contributed by atoms with Gasteiger partial charge < -0.3 is 4.90 Å². The maximum Gasteiger partial charge on any atom is 0.234 e. The van der Waals surface area contributed by atoms with Gasteiger partial charge in [-0.25, -0.2) is 0 Å². The van der Waals surface area contributed by atoms with Crippen LogP contribution in [0.5, 0.6) is 0 Å². The summed E-state index contributed by atoms with van der Waals surface area (Å²) in [4.78, 5) is 24.2. The van der Waals surface area contributed by atoms with E-state index in [2.05, 4.69) is 15.9 Å². The zero-order chi connectivity index (χ0) is 11.9. The number of benzene rings is 1. The number of carbonyl (C=O) groups is 2. The van der Waals surface area contributed by atoms with Crippen LogP contribution in [0.2, 0.25) is 5.02 Å². The van der Waals surface area contributed by atoms with Crippen molar-refractivity contribution in [3.63, 3.8) is 0 Å². The Hall–Kier alpha value is -0.870. The van der Waals surface area contributed by atoms with E-state index in [1.165, 1.54) is 4.90 Å². The van der Waals surface area contributed by atoms with Gasteiger partial charge in [-0.2, -0.15) is 0 Å². The molecule has 2 rings (SSSR count). The van der Waals surface area contributed by atoms with Crippen LogP contribution in [0.15, 0.2) is 16.6 Å². The lowest BCUT2D eigenvalue weighted by atomic mass is 10.2. The van der Waals surface area contributed by atoms with Gasteiger partial charge in [0.25, 0.3) is 0 Å². The normalized spacial score (nSPS) is 16.1. The molecule has 1 fully saturated rings. The van der Waals surface area contributed by atoms with E-state index in [1.54, 1.807) is 6.07 Å². The molecule has 84 valence electrons. The summed E-state index contributed by atoms with van der Waals surface area (Å²) < 4.78 is 0.775. The molecule has 0 aliphatic carbocycles. The molecule has 1 amide bonds. The summed E-state index contributed by atoms with van der Waals surface area (Å²) in [6, 6.07) is 3.55. The number of aryl methyl sites for hydroxylation is 1. The maximum absolute atomic E-state index is 11.6. The quantitative estimate of drug-likeness (QED) is 0.748. The van der Waals surface area contributed by atoms with Crippen LogP contribution in [0, 0.1) is 6.92 Å². The highest BCUT2D eigenvalue weighted by atomic mass is 79.9. The van der Waals surface area contributed by atoms with E-state index < -0.39 is 0 Å². The van der Waals surface area contributed by atoms with Crippen LogP contribution < -0.4 is 4.90 Å². The molecule has 0 bridgehead atoms. The van der Waals surface area contributed by atoms with Crippen molar-refractivity contribution in [1.82, 2.24) is 0 Å². The second-order valence-electron chi connectivity index (χ2n) is 3.75. The van der Waals surface area contributed by atoms with Gasteiger partial charge in [0.15, 0.2) is 5.78 Å². The van der Waals surface area contributed by atoms with Crippen molar-refractivity contribution in [1.29, 1.82) is 0 Å². The number of ketones is 1. The lowest BCUT2D eigenvalue weighted by molar-refractivity contribution is -0.121. The van der Waals surface area contributed by atoms with Crippen molar-refractivity contribution < 1.29 is 9.59 Å². The summed E-state index contributed by atoms with van der Waals surface area (Å²) in [6.45, 7) is 2.02. The van der Waals surface area contributed by atoms with Gasteiger partial charge >= 0.3 is 0 Å². The standard InChI is InChI=1S/C11H9BrClNO2/c1-6-2-8(12)10(4-9(6)13)14-5-7(15)3-11(14)16/h2,4H,3,5H2,1H3. The molecule has 1 aliphatic heterocycles. The maximum atomic E-state index is 11.6. The molecule has 0 atom stereocenters. The van der Waals surface area contributed by atoms with E-state index in [1.807, 2.05) is 13.0 Å². The van der Waals surface area contributed by atoms with E-state index in [9.17, 15) is 9.59 Å². The fraction of sp³-hybridized carbons (Fsp3) is 0.273. The van der Waals surface area contributed by atoms with Crippen molar-refractivity contribution in [3.05, 3.63) is 27.2 Å². The lowest BCUT2D eigenvalue weighted by Crippen LogP contribution is -2.24. The fourth-order valence-corrected chi connectivity index (χ4v) is 2.48. The van der Waals surface area contributed by atoms with Crippen molar-refractivity contribution in [2.24, 2.45) is 0 Å². The summed E-state index contributed by atoms with van der Waals surface area (Å²) in [7, 11) is 0. The summed E-state index contributed by atoms with van der Waals surface area (Å²) in [5.74, 6) is -0.237. The zero-order valence-corrected chi connectivity index (χ0v) is 10.9. The predicted octanol–water partition coefficient (Wildman–Crippen LogP) is 2.72. The highest BCUT2D eigenvalue weighted by Gasteiger charge is 2.29. The summed E-state index contributed by atoms with van der Waals surface area (Å²) in [5.41, 5.74) is 1.58. The summed E-state index contributed by atoms with van der Waals surface area (Å²) in [6.07, 6.45) is -0.0159. The van der Waals surface area contributed by atoms with Gasteiger partial charge in [0, 0.05) is 9.50 Å². The second kappa shape index (κ2) is 4.18. The van der Waals surface area contributed by atoms with Crippen LogP contribution in [0.3, 0.4) is 0 Å². The molecule has 5 heteroatoms. The van der Waals surface area contributed by atoms with E-state index in [-0.39, 0.29) is 24.7 Å². The molecule has 1 saturated heterocycles. The Morgan fingerprint density at radius 2 is 2.06 bits per heavy atom. The molecule has 0 radical (unpaired) electrons. The Morgan fingerprint density at radius 1 is 1.38 bits per heavy atom. The summed E-state index contributed by atoms with van der Waals surface area (Å²) >= 11 is 9.38. The number of nitrogens with zero attached hydrogens (tertiary/aromatic N) is 1. The number of anilines is 1. The van der Waals surface area contributed by atoms with Crippen molar-refractivity contribution in [2.45, 2.75) is 13.3 Å². The average molecular weight is 303 g/mol. The second-order valence-corrected chi connectivity index (χ2v) is 5.01. The largest absolute Gasteiger partial charge is 0.303 e. The molecule has 0 unspecified atom stereocenters. The first kappa shape index (κ1) is 11.6. The fourth-order valence-electron chi connectivity index (χ4n) is 1.65. The minimum Gasteiger partial charge on any atom is -0.303 e. The molecular formula is C11H9BrClNO2. The molecule has 0 aromatic heterocycles. The number of Topliss-reactive ketones (excluding diaryl/α,β-unsaturated/α-hetero) is 1. The van der Waals surface area contributed by atoms with E-state index in [0.29, 0.717) is 10.7 Å². The third-order valence-corrected chi connectivity index (χ3v) is 3.55. The van der Waals surface area contributed by atoms with Gasteiger partial charge in [0.05, 0.1) is 18.7 Å². The average Bonchev–Trinajstić information content (AvgIpc) is 2.51. The van der Waals surface area contributed by atoms with Crippen LogP contribution in [-0.4, -0.2) is 18.2 Å². The molecule has 0 spiro atoms. The monoisotopic (exact) mass is 301 g/mol. The first-order chi connectivity index (χ1) is 7.49. The van der Waals surface area contributed by atoms with Gasteiger partial charge in [-0.3, -0.25) is 9.59 Å².